The van der Waals surface area contributed by atoms with E-state index in [-0.39, 0.29) is 5.82 Å². The topological polar surface area (TPSA) is 158 Å². The fraction of sp³-hybridized carbons (Fsp3) is 0.808. The largest absolute Gasteiger partial charge is 0.394 e. The Labute approximate surface area is 236 Å². The number of imidazole rings is 1. The van der Waals surface area contributed by atoms with Crippen LogP contribution < -0.4 is 5.73 Å². The molecule has 1 aliphatic rings. The number of fused-ring (bicyclic) bond motifs is 1. The van der Waals surface area contributed by atoms with Crippen LogP contribution in [-0.4, -0.2) is 65.9 Å². The molecule has 1 aliphatic heterocycles. The first-order valence-corrected chi connectivity index (χ1v) is 17.0. The van der Waals surface area contributed by atoms with Gasteiger partial charge in [0, 0.05) is 6.61 Å². The van der Waals surface area contributed by atoms with Gasteiger partial charge in [-0.15, -0.1) is 0 Å². The molecule has 0 unspecified atom stereocenters. The van der Waals surface area contributed by atoms with Crippen LogP contribution >= 0.6 is 6.72 Å². The molecule has 1 fully saturated rings. The molecule has 0 radical (unpaired) electrons. The Morgan fingerprint density at radius 3 is 2.08 bits per heavy atom. The van der Waals surface area contributed by atoms with Gasteiger partial charge < -0.3 is 30.1 Å². The summed E-state index contributed by atoms with van der Waals surface area (Å²) in [6.45, 7) is -1.79. The first kappa shape index (κ1) is 32.3. The first-order valence-electron chi connectivity index (χ1n) is 14.4. The van der Waals surface area contributed by atoms with Crippen LogP contribution in [0.1, 0.15) is 103 Å². The second-order valence-corrected chi connectivity index (χ2v) is 12.9. The number of aliphatic hydroxyl groups is 1. The SMILES string of the molecule is CCCCCCCCCCCCCCCCO[C@@H]1[C@H](OP(O)(O)=S)[C@@H](CO)O[C@H]1n1cnc2c(N)ncnc21. The Balaban J connectivity index is 1.44. The third-order valence-electron chi connectivity index (χ3n) is 7.19. The molecule has 0 amide bonds. The second kappa shape index (κ2) is 16.9. The van der Waals surface area contributed by atoms with Crippen molar-refractivity contribution in [1.29, 1.82) is 0 Å². The smallest absolute Gasteiger partial charge is 0.322 e. The standard InChI is InChI=1S/C26H46N5O6PS/c1-2-3-4-5-6-7-8-9-10-11-12-13-14-15-16-35-23-22(37-38(33,34)39)20(17-32)36-26(23)31-19-30-21-24(27)28-18-29-25(21)31/h18-20,22-23,26,32H,2-17H2,1H3,(H2,27,28,29)(H2,33,34,39)/t20-,22-,23-,26-/m1/s1. The Kier molecular flexibility index (Phi) is 14.0. The number of hydrogen-bond donors (Lipinski definition) is 4. The summed E-state index contributed by atoms with van der Waals surface area (Å²) in [5.74, 6) is 0.226. The van der Waals surface area contributed by atoms with E-state index in [2.05, 4.69) is 21.9 Å². The average molecular weight is 588 g/mol. The van der Waals surface area contributed by atoms with Crippen LogP contribution in [0.2, 0.25) is 0 Å². The van der Waals surface area contributed by atoms with Gasteiger partial charge in [0.05, 0.1) is 12.9 Å². The van der Waals surface area contributed by atoms with E-state index in [1.165, 1.54) is 83.3 Å². The molecule has 2 aromatic heterocycles. The Morgan fingerprint density at radius 1 is 0.923 bits per heavy atom. The number of rotatable bonds is 20. The second-order valence-electron chi connectivity index (χ2n) is 10.3. The van der Waals surface area contributed by atoms with E-state index in [0.717, 1.165) is 19.3 Å². The molecule has 0 aromatic carbocycles. The van der Waals surface area contributed by atoms with Gasteiger partial charge in [0.2, 0.25) is 0 Å². The predicted molar refractivity (Wildman–Crippen MR) is 154 cm³/mol. The normalized spacial score (nSPS) is 21.7. The minimum Gasteiger partial charge on any atom is -0.394 e. The lowest BCUT2D eigenvalue weighted by Gasteiger charge is -2.26. The van der Waals surface area contributed by atoms with Gasteiger partial charge in [-0.1, -0.05) is 90.4 Å². The summed E-state index contributed by atoms with van der Waals surface area (Å²) in [6, 6.07) is 0. The van der Waals surface area contributed by atoms with Crippen LogP contribution in [0.15, 0.2) is 12.7 Å². The fourth-order valence-corrected chi connectivity index (χ4v) is 5.99. The van der Waals surface area contributed by atoms with Crippen LogP contribution in [0.25, 0.3) is 11.2 Å². The summed E-state index contributed by atoms with van der Waals surface area (Å²) in [5, 5.41) is 9.91. The van der Waals surface area contributed by atoms with Crippen molar-refractivity contribution in [3.63, 3.8) is 0 Å². The Bertz CT molecular complexity index is 1020. The minimum atomic E-state index is -4.05. The van der Waals surface area contributed by atoms with E-state index in [1.54, 1.807) is 4.57 Å². The number of anilines is 1. The number of nitrogen functional groups attached to an aromatic ring is 1. The van der Waals surface area contributed by atoms with E-state index in [0.29, 0.717) is 17.8 Å². The Hall–Kier alpha value is -1.24. The van der Waals surface area contributed by atoms with Gasteiger partial charge in [0.25, 0.3) is 0 Å². The minimum absolute atomic E-state index is 0.226. The molecule has 13 heteroatoms. The van der Waals surface area contributed by atoms with Crippen LogP contribution in [0, 0.1) is 0 Å². The molecule has 3 heterocycles. The van der Waals surface area contributed by atoms with Crippen molar-refractivity contribution in [1.82, 2.24) is 19.5 Å². The van der Waals surface area contributed by atoms with Crippen LogP contribution in [0.5, 0.6) is 0 Å². The van der Waals surface area contributed by atoms with E-state index in [1.807, 2.05) is 0 Å². The third kappa shape index (κ3) is 10.3. The van der Waals surface area contributed by atoms with Crippen molar-refractivity contribution in [2.24, 2.45) is 0 Å². The van der Waals surface area contributed by atoms with Crippen molar-refractivity contribution in [2.45, 2.75) is 121 Å². The summed E-state index contributed by atoms with van der Waals surface area (Å²) in [5.41, 5.74) is 6.77. The summed E-state index contributed by atoms with van der Waals surface area (Å²) in [4.78, 5) is 32.2. The van der Waals surface area contributed by atoms with Crippen LogP contribution in [-0.2, 0) is 25.8 Å². The third-order valence-corrected chi connectivity index (χ3v) is 7.97. The highest BCUT2D eigenvalue weighted by atomic mass is 32.5. The van der Waals surface area contributed by atoms with Gasteiger partial charge in [0.15, 0.2) is 17.7 Å². The summed E-state index contributed by atoms with van der Waals surface area (Å²) < 4.78 is 19.2. The zero-order valence-corrected chi connectivity index (χ0v) is 24.8. The quantitative estimate of drug-likeness (QED) is 0.125. The van der Waals surface area contributed by atoms with Crippen molar-refractivity contribution in [3.05, 3.63) is 12.7 Å². The molecular formula is C26H46N5O6PS. The highest BCUT2D eigenvalue weighted by Gasteiger charge is 2.49. The average Bonchev–Trinajstić information content (AvgIpc) is 3.47. The highest BCUT2D eigenvalue weighted by molar-refractivity contribution is 8.06. The molecule has 0 aliphatic carbocycles. The molecule has 1 saturated heterocycles. The van der Waals surface area contributed by atoms with E-state index in [9.17, 15) is 14.9 Å². The van der Waals surface area contributed by atoms with Gasteiger partial charge in [-0.05, 0) is 18.2 Å². The Morgan fingerprint density at radius 2 is 1.51 bits per heavy atom. The van der Waals surface area contributed by atoms with Crippen LogP contribution in [0.3, 0.4) is 0 Å². The number of aliphatic hydroxyl groups excluding tert-OH is 1. The molecular weight excluding hydrogens is 541 g/mol. The molecule has 0 saturated carbocycles. The zero-order chi connectivity index (χ0) is 28.1. The van der Waals surface area contributed by atoms with Crippen molar-refractivity contribution < 1.29 is 28.9 Å². The molecule has 0 spiro atoms. The molecule has 11 nitrogen and oxygen atoms in total. The summed E-state index contributed by atoms with van der Waals surface area (Å²) in [7, 11) is 0. The number of nitrogens with two attached hydrogens (primary N) is 1. The molecule has 4 atom stereocenters. The summed E-state index contributed by atoms with van der Waals surface area (Å²) >= 11 is 4.71. The molecule has 2 aromatic rings. The van der Waals surface area contributed by atoms with Crippen molar-refractivity contribution >= 4 is 35.5 Å². The molecule has 39 heavy (non-hydrogen) atoms. The lowest BCUT2D eigenvalue weighted by molar-refractivity contribution is -0.0707. The van der Waals surface area contributed by atoms with E-state index in [4.69, 9.17) is 31.5 Å². The molecule has 0 bridgehead atoms. The maximum Gasteiger partial charge on any atom is 0.322 e. The number of unbranched alkanes of at least 4 members (excludes halogenated alkanes) is 13. The molecule has 3 rings (SSSR count). The number of hydrogen-bond acceptors (Lipinski definition) is 9. The van der Waals surface area contributed by atoms with E-state index < -0.39 is 37.9 Å². The number of ether oxygens (including phenoxy) is 2. The maximum absolute atomic E-state index is 9.91. The lowest BCUT2D eigenvalue weighted by Crippen LogP contribution is -2.37. The molecule has 5 N–H and O–H groups in total. The van der Waals surface area contributed by atoms with Crippen molar-refractivity contribution in [2.75, 3.05) is 18.9 Å². The van der Waals surface area contributed by atoms with Gasteiger partial charge in [-0.25, -0.2) is 15.0 Å². The molecule has 222 valence electrons. The van der Waals surface area contributed by atoms with Gasteiger partial charge in [-0.3, -0.25) is 9.09 Å². The fourth-order valence-electron chi connectivity index (χ4n) is 5.11. The zero-order valence-electron chi connectivity index (χ0n) is 23.1. The summed E-state index contributed by atoms with van der Waals surface area (Å²) in [6.07, 6.45) is 17.0. The van der Waals surface area contributed by atoms with Gasteiger partial charge in [0.1, 0.15) is 30.2 Å². The van der Waals surface area contributed by atoms with Gasteiger partial charge >= 0.3 is 6.72 Å². The van der Waals surface area contributed by atoms with Gasteiger partial charge in [-0.2, -0.15) is 0 Å². The van der Waals surface area contributed by atoms with Crippen LogP contribution in [0.4, 0.5) is 5.82 Å². The predicted octanol–water partition coefficient (Wildman–Crippen LogP) is 4.76. The number of nitrogens with zero attached hydrogens (tertiary/aromatic N) is 4. The first-order chi connectivity index (χ1) is 18.9. The van der Waals surface area contributed by atoms with Crippen molar-refractivity contribution in [3.8, 4) is 0 Å². The number of aromatic nitrogens is 4. The monoisotopic (exact) mass is 587 g/mol. The maximum atomic E-state index is 9.91. The highest BCUT2D eigenvalue weighted by Crippen LogP contribution is 2.45. The lowest BCUT2D eigenvalue weighted by atomic mass is 10.0. The van der Waals surface area contributed by atoms with E-state index >= 15 is 0 Å².